The van der Waals surface area contributed by atoms with Gasteiger partial charge in [0.05, 0.1) is 11.2 Å². The fourth-order valence-electron chi connectivity index (χ4n) is 6.53. The van der Waals surface area contributed by atoms with Crippen LogP contribution in [0, 0.1) is 0 Å². The van der Waals surface area contributed by atoms with Crippen LogP contribution in [0.2, 0.25) is 0 Å². The second-order valence-electron chi connectivity index (χ2n) is 11.9. The van der Waals surface area contributed by atoms with E-state index in [0.717, 1.165) is 49.8 Å². The minimum absolute atomic E-state index is 0.614. The number of aromatic nitrogens is 4. The molecule has 0 aliphatic carbocycles. The van der Waals surface area contributed by atoms with E-state index in [1.54, 1.807) is 0 Å². The summed E-state index contributed by atoms with van der Waals surface area (Å²) in [6.07, 6.45) is 0. The molecule has 0 amide bonds. The highest BCUT2D eigenvalue weighted by atomic mass is 15.0. The fourth-order valence-corrected chi connectivity index (χ4v) is 6.53. The number of benzene rings is 7. The Hall–Kier alpha value is -6.52. The van der Waals surface area contributed by atoms with E-state index in [0.29, 0.717) is 17.5 Å². The molecule has 0 radical (unpaired) electrons. The normalized spacial score (nSPS) is 11.3. The van der Waals surface area contributed by atoms with Gasteiger partial charge < -0.3 is 0 Å². The van der Waals surface area contributed by atoms with Crippen molar-refractivity contribution < 1.29 is 0 Å². The molecule has 9 aromatic rings. The lowest BCUT2D eigenvalue weighted by atomic mass is 9.94. The summed E-state index contributed by atoms with van der Waals surface area (Å²) in [5.74, 6) is 1.88. The summed E-state index contributed by atoms with van der Waals surface area (Å²) in [4.78, 5) is 20.3. The molecular weight excluding hydrogens is 585 g/mol. The average molecular weight is 613 g/mol. The Morgan fingerprint density at radius 2 is 0.812 bits per heavy atom. The second-order valence-corrected chi connectivity index (χ2v) is 11.9. The predicted molar refractivity (Wildman–Crippen MR) is 197 cm³/mol. The minimum Gasteiger partial charge on any atom is -0.247 e. The van der Waals surface area contributed by atoms with Crippen LogP contribution in [0.1, 0.15) is 0 Å². The van der Waals surface area contributed by atoms with Gasteiger partial charge in [0.2, 0.25) is 0 Å². The Bertz CT molecular complexity index is 2600. The van der Waals surface area contributed by atoms with E-state index in [1.165, 1.54) is 21.7 Å². The van der Waals surface area contributed by atoms with Crippen molar-refractivity contribution in [3.05, 3.63) is 170 Å². The van der Waals surface area contributed by atoms with Gasteiger partial charge in [0.1, 0.15) is 0 Å². The highest BCUT2D eigenvalue weighted by Gasteiger charge is 2.16. The van der Waals surface area contributed by atoms with Crippen molar-refractivity contribution in [2.45, 2.75) is 0 Å². The van der Waals surface area contributed by atoms with Crippen LogP contribution in [0.5, 0.6) is 0 Å². The Labute approximate surface area is 278 Å². The summed E-state index contributed by atoms with van der Waals surface area (Å²) in [5, 5.41) is 5.84. The molecule has 0 fully saturated rings. The van der Waals surface area contributed by atoms with Gasteiger partial charge in [0, 0.05) is 33.0 Å². The third-order valence-electron chi connectivity index (χ3n) is 8.90. The molecule has 0 saturated carbocycles. The van der Waals surface area contributed by atoms with Gasteiger partial charge in [0.15, 0.2) is 17.5 Å². The van der Waals surface area contributed by atoms with Crippen molar-refractivity contribution >= 4 is 32.4 Å². The molecule has 48 heavy (non-hydrogen) atoms. The first-order valence-electron chi connectivity index (χ1n) is 16.1. The van der Waals surface area contributed by atoms with E-state index in [2.05, 4.69) is 127 Å². The molecule has 0 aliphatic rings. The number of pyridine rings is 1. The molecule has 0 aliphatic heterocycles. The first-order valence-corrected chi connectivity index (χ1v) is 16.1. The molecule has 0 saturated heterocycles. The van der Waals surface area contributed by atoms with Gasteiger partial charge in [-0.25, -0.2) is 19.9 Å². The molecule has 0 unspecified atom stereocenters. The molecular formula is C44H28N4. The van der Waals surface area contributed by atoms with Crippen molar-refractivity contribution in [1.82, 2.24) is 19.9 Å². The third-order valence-corrected chi connectivity index (χ3v) is 8.90. The molecule has 0 N–H and O–H groups in total. The standard InChI is InChI=1S/C44H28N4/c1-3-12-29(13-4-1)30-22-24-33(25-23-30)43-46-42(32-15-5-2-6-16-32)47-44(48-43)35-18-11-17-34(28-35)41-40-36-19-8-7-14-31(36)26-27-38(40)37-20-9-10-21-39(37)45-41/h1-28H. The van der Waals surface area contributed by atoms with Gasteiger partial charge in [0.25, 0.3) is 0 Å². The summed E-state index contributed by atoms with van der Waals surface area (Å²) >= 11 is 0. The van der Waals surface area contributed by atoms with Crippen molar-refractivity contribution in [3.8, 4) is 56.5 Å². The van der Waals surface area contributed by atoms with Crippen molar-refractivity contribution in [2.24, 2.45) is 0 Å². The topological polar surface area (TPSA) is 51.6 Å². The number of rotatable bonds is 5. The van der Waals surface area contributed by atoms with Gasteiger partial charge in [-0.1, -0.05) is 158 Å². The number of fused-ring (bicyclic) bond motifs is 5. The monoisotopic (exact) mass is 612 g/mol. The van der Waals surface area contributed by atoms with E-state index >= 15 is 0 Å². The fraction of sp³-hybridized carbons (Fsp3) is 0. The molecule has 2 heterocycles. The molecule has 2 aromatic heterocycles. The van der Waals surface area contributed by atoms with Crippen LogP contribution in [0.3, 0.4) is 0 Å². The maximum Gasteiger partial charge on any atom is 0.164 e. The summed E-state index contributed by atoms with van der Waals surface area (Å²) < 4.78 is 0. The predicted octanol–water partition coefficient (Wildman–Crippen LogP) is 11.1. The van der Waals surface area contributed by atoms with Crippen LogP contribution in [-0.4, -0.2) is 19.9 Å². The highest BCUT2D eigenvalue weighted by Crippen LogP contribution is 2.38. The zero-order chi connectivity index (χ0) is 31.9. The highest BCUT2D eigenvalue weighted by molar-refractivity contribution is 6.21. The molecule has 7 aromatic carbocycles. The molecule has 4 nitrogen and oxygen atoms in total. The molecule has 0 bridgehead atoms. The molecule has 0 spiro atoms. The quantitative estimate of drug-likeness (QED) is 0.181. The SMILES string of the molecule is c1ccc(-c2ccc(-c3nc(-c4ccccc4)nc(-c4cccc(-c5nc6ccccc6c6ccc7ccccc7c56)c4)n3)cc2)cc1. The largest absolute Gasteiger partial charge is 0.247 e. The van der Waals surface area contributed by atoms with Crippen molar-refractivity contribution in [1.29, 1.82) is 0 Å². The number of para-hydroxylation sites is 1. The van der Waals surface area contributed by atoms with Gasteiger partial charge in [-0.05, 0) is 39.4 Å². The molecule has 0 atom stereocenters. The van der Waals surface area contributed by atoms with Crippen LogP contribution in [-0.2, 0) is 0 Å². The summed E-state index contributed by atoms with van der Waals surface area (Å²) in [6, 6.07) is 58.6. The lowest BCUT2D eigenvalue weighted by Gasteiger charge is -2.14. The van der Waals surface area contributed by atoms with Gasteiger partial charge in [-0.2, -0.15) is 0 Å². The third kappa shape index (κ3) is 4.97. The Morgan fingerprint density at radius 3 is 1.56 bits per heavy atom. The Morgan fingerprint density at radius 1 is 0.292 bits per heavy atom. The number of hydrogen-bond donors (Lipinski definition) is 0. The minimum atomic E-state index is 0.614. The van der Waals surface area contributed by atoms with Crippen LogP contribution in [0.4, 0.5) is 0 Å². The maximum absolute atomic E-state index is 5.27. The number of hydrogen-bond acceptors (Lipinski definition) is 4. The van der Waals surface area contributed by atoms with E-state index in [4.69, 9.17) is 19.9 Å². The number of nitrogens with zero attached hydrogens (tertiary/aromatic N) is 4. The smallest absolute Gasteiger partial charge is 0.164 e. The average Bonchev–Trinajstić information content (AvgIpc) is 3.18. The van der Waals surface area contributed by atoms with E-state index in [-0.39, 0.29) is 0 Å². The summed E-state index contributed by atoms with van der Waals surface area (Å²) in [5.41, 5.74) is 8.00. The molecule has 9 rings (SSSR count). The van der Waals surface area contributed by atoms with Crippen molar-refractivity contribution in [3.63, 3.8) is 0 Å². The van der Waals surface area contributed by atoms with E-state index in [9.17, 15) is 0 Å². The first-order chi connectivity index (χ1) is 23.8. The lowest BCUT2D eigenvalue weighted by molar-refractivity contribution is 1.07. The Kier molecular flexibility index (Phi) is 6.76. The van der Waals surface area contributed by atoms with Crippen LogP contribution >= 0.6 is 0 Å². The lowest BCUT2D eigenvalue weighted by Crippen LogP contribution is -2.00. The van der Waals surface area contributed by atoms with Crippen LogP contribution < -0.4 is 0 Å². The molecule has 224 valence electrons. The summed E-state index contributed by atoms with van der Waals surface area (Å²) in [7, 11) is 0. The van der Waals surface area contributed by atoms with Gasteiger partial charge in [-0.15, -0.1) is 0 Å². The molecule has 4 heteroatoms. The Balaban J connectivity index is 1.22. The van der Waals surface area contributed by atoms with Crippen LogP contribution in [0.15, 0.2) is 170 Å². The van der Waals surface area contributed by atoms with Crippen molar-refractivity contribution in [2.75, 3.05) is 0 Å². The maximum atomic E-state index is 5.27. The van der Waals surface area contributed by atoms with Gasteiger partial charge >= 0.3 is 0 Å². The second kappa shape index (κ2) is 11.7. The van der Waals surface area contributed by atoms with Gasteiger partial charge in [-0.3, -0.25) is 0 Å². The summed E-state index contributed by atoms with van der Waals surface area (Å²) in [6.45, 7) is 0. The van der Waals surface area contributed by atoms with E-state index in [1.807, 2.05) is 42.5 Å². The van der Waals surface area contributed by atoms with Crippen LogP contribution in [0.25, 0.3) is 89.0 Å². The zero-order valence-electron chi connectivity index (χ0n) is 26.0. The van der Waals surface area contributed by atoms with E-state index < -0.39 is 0 Å². The zero-order valence-corrected chi connectivity index (χ0v) is 26.0. The first kappa shape index (κ1) is 27.8.